The summed E-state index contributed by atoms with van der Waals surface area (Å²) in [7, 11) is 1.86. The highest BCUT2D eigenvalue weighted by atomic mass is 15.6. The Balaban J connectivity index is 2.37. The van der Waals surface area contributed by atoms with Crippen LogP contribution in [-0.2, 0) is 0 Å². The third-order valence-electron chi connectivity index (χ3n) is 2.57. The predicted molar refractivity (Wildman–Crippen MR) is 81.2 cm³/mol. The average molecular weight is 291 g/mol. The van der Waals surface area contributed by atoms with E-state index in [1.165, 1.54) is 0 Å². The van der Waals surface area contributed by atoms with Gasteiger partial charge in [0.2, 0.25) is 5.95 Å². The normalized spacial score (nSPS) is 11.0. The van der Waals surface area contributed by atoms with Gasteiger partial charge < -0.3 is 10.6 Å². The van der Waals surface area contributed by atoms with Crippen LogP contribution in [-0.4, -0.2) is 49.2 Å². The summed E-state index contributed by atoms with van der Waals surface area (Å²) in [4.78, 5) is 4.52. The number of hydrogen-bond acceptors (Lipinski definition) is 8. The van der Waals surface area contributed by atoms with E-state index in [4.69, 9.17) is 0 Å². The fourth-order valence-electron chi connectivity index (χ4n) is 1.69. The van der Waals surface area contributed by atoms with Crippen molar-refractivity contribution in [3.05, 3.63) is 12.7 Å². The Labute approximate surface area is 123 Å². The minimum absolute atomic E-state index is 0.220. The fourth-order valence-corrected chi connectivity index (χ4v) is 1.69. The van der Waals surface area contributed by atoms with Crippen molar-refractivity contribution in [3.63, 3.8) is 0 Å². The van der Waals surface area contributed by atoms with Gasteiger partial charge in [-0.15, -0.1) is 20.4 Å². The molecular weight excluding hydrogens is 270 g/mol. The largest absolute Gasteiger partial charge is 0.363 e. The molecule has 0 aromatic carbocycles. The Kier molecular flexibility index (Phi) is 4.51. The highest BCUT2D eigenvalue weighted by molar-refractivity contribution is 5.61. The van der Waals surface area contributed by atoms with Crippen molar-refractivity contribution < 1.29 is 0 Å². The minimum atomic E-state index is 0.220. The molecule has 2 rings (SSSR count). The Bertz CT molecular complexity index is 564. The lowest BCUT2D eigenvalue weighted by Gasteiger charge is -2.22. The van der Waals surface area contributed by atoms with E-state index < -0.39 is 0 Å². The molecular formula is C12H21N9. The zero-order valence-corrected chi connectivity index (χ0v) is 12.9. The van der Waals surface area contributed by atoms with Gasteiger partial charge in [0.15, 0.2) is 11.6 Å². The summed E-state index contributed by atoms with van der Waals surface area (Å²) in [6.45, 7) is 8.11. The van der Waals surface area contributed by atoms with Crippen LogP contribution in [0, 0.1) is 0 Å². The lowest BCUT2D eigenvalue weighted by molar-refractivity contribution is 0.739. The fraction of sp³-hybridized carbons (Fsp3) is 0.583. The van der Waals surface area contributed by atoms with Gasteiger partial charge in [0.05, 0.1) is 0 Å². The minimum Gasteiger partial charge on any atom is -0.363 e. The van der Waals surface area contributed by atoms with Gasteiger partial charge in [-0.25, -0.2) is 4.68 Å². The van der Waals surface area contributed by atoms with Crippen LogP contribution in [0.5, 0.6) is 0 Å². The first-order valence-corrected chi connectivity index (χ1v) is 6.83. The number of nitrogens with one attached hydrogen (secondary N) is 2. The topological polar surface area (TPSA) is 96.7 Å². The van der Waals surface area contributed by atoms with Gasteiger partial charge in [-0.2, -0.15) is 4.98 Å². The van der Waals surface area contributed by atoms with E-state index >= 15 is 0 Å². The summed E-state index contributed by atoms with van der Waals surface area (Å²) < 4.78 is 1.72. The Hall–Kier alpha value is -2.45. The van der Waals surface area contributed by atoms with Gasteiger partial charge >= 0.3 is 0 Å². The number of aromatic nitrogens is 6. The van der Waals surface area contributed by atoms with Crippen LogP contribution >= 0.6 is 0 Å². The van der Waals surface area contributed by atoms with Gasteiger partial charge in [-0.1, -0.05) is 0 Å². The SMILES string of the molecule is CC(C)Nc1nnc(NC(C)C)c(N(C)n2cnnc2)n1. The van der Waals surface area contributed by atoms with E-state index in [1.54, 1.807) is 22.3 Å². The Morgan fingerprint density at radius 3 is 2.19 bits per heavy atom. The van der Waals surface area contributed by atoms with E-state index in [2.05, 4.69) is 36.0 Å². The van der Waals surface area contributed by atoms with Crippen LogP contribution in [0.3, 0.4) is 0 Å². The second-order valence-corrected chi connectivity index (χ2v) is 5.27. The van der Waals surface area contributed by atoms with E-state index in [0.717, 1.165) is 0 Å². The van der Waals surface area contributed by atoms with Crippen LogP contribution in [0.25, 0.3) is 0 Å². The van der Waals surface area contributed by atoms with Crippen molar-refractivity contribution in [1.29, 1.82) is 0 Å². The molecule has 0 saturated heterocycles. The van der Waals surface area contributed by atoms with Crippen molar-refractivity contribution in [3.8, 4) is 0 Å². The average Bonchev–Trinajstić information content (AvgIpc) is 2.92. The molecule has 0 amide bonds. The summed E-state index contributed by atoms with van der Waals surface area (Å²) in [5, 5.41) is 24.1. The maximum Gasteiger partial charge on any atom is 0.245 e. The third-order valence-corrected chi connectivity index (χ3v) is 2.57. The summed E-state index contributed by atoms with van der Waals surface area (Å²) in [6, 6.07) is 0.446. The van der Waals surface area contributed by atoms with Gasteiger partial charge in [0.1, 0.15) is 12.7 Å². The summed E-state index contributed by atoms with van der Waals surface area (Å²) in [5.41, 5.74) is 0. The molecule has 0 aliphatic heterocycles. The number of anilines is 3. The van der Waals surface area contributed by atoms with Crippen LogP contribution in [0.2, 0.25) is 0 Å². The first kappa shape index (κ1) is 14.9. The van der Waals surface area contributed by atoms with E-state index in [-0.39, 0.29) is 12.1 Å². The van der Waals surface area contributed by atoms with Crippen molar-refractivity contribution in [2.24, 2.45) is 0 Å². The Morgan fingerprint density at radius 1 is 1.00 bits per heavy atom. The number of rotatable bonds is 6. The monoisotopic (exact) mass is 291 g/mol. The Morgan fingerprint density at radius 2 is 1.62 bits per heavy atom. The maximum atomic E-state index is 4.52. The van der Waals surface area contributed by atoms with Crippen molar-refractivity contribution in [2.45, 2.75) is 39.8 Å². The van der Waals surface area contributed by atoms with E-state index in [9.17, 15) is 0 Å². The molecule has 2 aromatic rings. The van der Waals surface area contributed by atoms with Crippen LogP contribution in [0.4, 0.5) is 17.6 Å². The first-order chi connectivity index (χ1) is 9.97. The highest BCUT2D eigenvalue weighted by Gasteiger charge is 2.16. The van der Waals surface area contributed by atoms with Gasteiger partial charge in [0, 0.05) is 19.1 Å². The number of nitrogens with zero attached hydrogens (tertiary/aromatic N) is 7. The molecule has 9 nitrogen and oxygen atoms in total. The molecule has 2 aromatic heterocycles. The second-order valence-electron chi connectivity index (χ2n) is 5.27. The lowest BCUT2D eigenvalue weighted by atomic mass is 10.4. The second kappa shape index (κ2) is 6.33. The lowest BCUT2D eigenvalue weighted by Crippen LogP contribution is -2.28. The molecule has 0 spiro atoms. The molecule has 0 saturated carbocycles. The molecule has 0 radical (unpaired) electrons. The molecule has 9 heteroatoms. The van der Waals surface area contributed by atoms with Crippen LogP contribution in [0.15, 0.2) is 12.7 Å². The van der Waals surface area contributed by atoms with Gasteiger partial charge in [-0.3, -0.25) is 5.01 Å². The summed E-state index contributed by atoms with van der Waals surface area (Å²) >= 11 is 0. The zero-order chi connectivity index (χ0) is 15.4. The highest BCUT2D eigenvalue weighted by Crippen LogP contribution is 2.21. The maximum absolute atomic E-state index is 4.52. The zero-order valence-electron chi connectivity index (χ0n) is 12.9. The smallest absolute Gasteiger partial charge is 0.245 e. The van der Waals surface area contributed by atoms with Crippen molar-refractivity contribution in [2.75, 3.05) is 22.7 Å². The predicted octanol–water partition coefficient (Wildman–Crippen LogP) is 1.00. The molecule has 0 fully saturated rings. The molecule has 2 N–H and O–H groups in total. The van der Waals surface area contributed by atoms with Crippen molar-refractivity contribution >= 4 is 17.6 Å². The van der Waals surface area contributed by atoms with Crippen molar-refractivity contribution in [1.82, 2.24) is 30.1 Å². The molecule has 0 atom stereocenters. The number of hydrogen-bond donors (Lipinski definition) is 2. The van der Waals surface area contributed by atoms with E-state index in [1.807, 2.05) is 34.7 Å². The summed E-state index contributed by atoms with van der Waals surface area (Å²) in [6.07, 6.45) is 3.19. The molecule has 0 aliphatic carbocycles. The molecule has 0 aliphatic rings. The summed E-state index contributed by atoms with van der Waals surface area (Å²) in [5.74, 6) is 1.73. The quantitative estimate of drug-likeness (QED) is 0.813. The van der Waals surface area contributed by atoms with Gasteiger partial charge in [-0.05, 0) is 27.7 Å². The standard InChI is InChI=1S/C12H21N9/c1-8(2)15-10-11(20(5)21-6-13-14-7-21)17-12(19-18-10)16-9(3)4/h6-9H,1-5H3,(H,15,18)(H,16,17,19). The van der Waals surface area contributed by atoms with E-state index in [0.29, 0.717) is 17.6 Å². The molecule has 114 valence electrons. The third kappa shape index (κ3) is 3.77. The molecule has 0 unspecified atom stereocenters. The van der Waals surface area contributed by atoms with Crippen LogP contribution < -0.4 is 15.6 Å². The molecule has 2 heterocycles. The van der Waals surface area contributed by atoms with Gasteiger partial charge in [0.25, 0.3) is 0 Å². The molecule has 21 heavy (non-hydrogen) atoms. The first-order valence-electron chi connectivity index (χ1n) is 6.83. The molecule has 0 bridgehead atoms. The van der Waals surface area contributed by atoms with Crippen LogP contribution in [0.1, 0.15) is 27.7 Å².